The van der Waals surface area contributed by atoms with Crippen molar-refractivity contribution >= 4 is 22.9 Å². The molecule has 8 heteroatoms. The van der Waals surface area contributed by atoms with E-state index in [0.717, 1.165) is 41.5 Å². The van der Waals surface area contributed by atoms with E-state index in [1.54, 1.807) is 18.1 Å². The van der Waals surface area contributed by atoms with Crippen molar-refractivity contribution in [1.82, 2.24) is 24.4 Å². The number of aromatic nitrogens is 4. The van der Waals surface area contributed by atoms with Gasteiger partial charge in [-0.2, -0.15) is 0 Å². The summed E-state index contributed by atoms with van der Waals surface area (Å²) >= 11 is 0. The normalized spacial score (nSPS) is 17.0. The summed E-state index contributed by atoms with van der Waals surface area (Å²) in [5.74, 6) is 1.51. The summed E-state index contributed by atoms with van der Waals surface area (Å²) in [5, 5.41) is 9.79. The second-order valence-corrected chi connectivity index (χ2v) is 7.24. The Bertz CT molecular complexity index is 991. The van der Waals surface area contributed by atoms with E-state index in [4.69, 9.17) is 4.98 Å². The van der Waals surface area contributed by atoms with Crippen molar-refractivity contribution in [2.75, 3.05) is 25.0 Å². The number of rotatable bonds is 4. The summed E-state index contributed by atoms with van der Waals surface area (Å²) in [7, 11) is 3.72. The van der Waals surface area contributed by atoms with Gasteiger partial charge in [0.1, 0.15) is 5.82 Å². The summed E-state index contributed by atoms with van der Waals surface area (Å²) in [4.78, 5) is 28.6. The zero-order chi connectivity index (χ0) is 19.1. The van der Waals surface area contributed by atoms with Crippen LogP contribution in [0, 0.1) is 6.92 Å². The molecule has 0 saturated carbocycles. The molecule has 1 saturated heterocycles. The van der Waals surface area contributed by atoms with Gasteiger partial charge in [-0.1, -0.05) is 0 Å². The number of aromatic amines is 1. The predicted molar refractivity (Wildman–Crippen MR) is 103 cm³/mol. The summed E-state index contributed by atoms with van der Waals surface area (Å²) < 4.78 is 2.01. The molecule has 0 bridgehead atoms. The fourth-order valence-electron chi connectivity index (χ4n) is 3.59. The van der Waals surface area contributed by atoms with Crippen LogP contribution in [0.5, 0.6) is 0 Å². The Morgan fingerprint density at radius 2 is 2.26 bits per heavy atom. The number of anilines is 1. The molecule has 0 spiro atoms. The number of aliphatic hydroxyl groups is 1. The van der Waals surface area contributed by atoms with Crippen molar-refractivity contribution in [3.05, 3.63) is 41.5 Å². The lowest BCUT2D eigenvalue weighted by Crippen LogP contribution is -2.26. The van der Waals surface area contributed by atoms with Gasteiger partial charge in [0.2, 0.25) is 5.95 Å². The number of hydrogen-bond donors (Lipinski definition) is 2. The van der Waals surface area contributed by atoms with Gasteiger partial charge < -0.3 is 24.5 Å². The van der Waals surface area contributed by atoms with Crippen LogP contribution in [0.15, 0.2) is 24.4 Å². The van der Waals surface area contributed by atoms with Gasteiger partial charge in [0.25, 0.3) is 5.91 Å². The lowest BCUT2D eigenvalue weighted by atomic mass is 10.1. The van der Waals surface area contributed by atoms with E-state index in [1.807, 2.05) is 36.7 Å². The summed E-state index contributed by atoms with van der Waals surface area (Å²) in [6.45, 7) is 3.73. The fraction of sp³-hybridized carbons (Fsp3) is 0.421. The molecule has 0 unspecified atom stereocenters. The number of fused-ring (bicyclic) bond motifs is 1. The van der Waals surface area contributed by atoms with Crippen molar-refractivity contribution in [3.63, 3.8) is 0 Å². The van der Waals surface area contributed by atoms with Crippen LogP contribution in [0.1, 0.15) is 28.3 Å². The molecule has 1 aliphatic rings. The number of aliphatic hydroxyl groups excluding tert-OH is 1. The maximum Gasteiger partial charge on any atom is 0.254 e. The van der Waals surface area contributed by atoms with Crippen LogP contribution in [-0.2, 0) is 13.6 Å². The molecule has 3 heterocycles. The van der Waals surface area contributed by atoms with Crippen LogP contribution < -0.4 is 4.90 Å². The molecule has 2 N–H and O–H groups in total. The average Bonchev–Trinajstić information content (AvgIpc) is 3.33. The van der Waals surface area contributed by atoms with E-state index in [0.29, 0.717) is 18.7 Å². The van der Waals surface area contributed by atoms with Crippen molar-refractivity contribution in [2.45, 2.75) is 26.0 Å². The first-order chi connectivity index (χ1) is 12.9. The standard InChI is InChI=1S/C19H24N6O2/c1-12-9-20-17(21-12)11-23(2)18(27)13-4-5-16-15(8-13)22-19(24(16)3)25-7-6-14(26)10-25/h4-5,8-9,14,26H,6-7,10-11H2,1-3H3,(H,20,21)/t14-/m0/s1. The number of H-pyrrole nitrogens is 1. The average molecular weight is 368 g/mol. The van der Waals surface area contributed by atoms with Crippen molar-refractivity contribution < 1.29 is 9.90 Å². The number of nitrogens with zero attached hydrogens (tertiary/aromatic N) is 5. The van der Waals surface area contributed by atoms with Gasteiger partial charge in [-0.3, -0.25) is 4.79 Å². The third-order valence-electron chi connectivity index (χ3n) is 5.04. The molecule has 2 aromatic heterocycles. The predicted octanol–water partition coefficient (Wildman–Crippen LogP) is 1.45. The number of benzene rings is 1. The molecule has 0 radical (unpaired) electrons. The van der Waals surface area contributed by atoms with Gasteiger partial charge >= 0.3 is 0 Å². The van der Waals surface area contributed by atoms with Gasteiger partial charge in [-0.05, 0) is 31.5 Å². The van der Waals surface area contributed by atoms with Gasteiger partial charge in [-0.25, -0.2) is 9.97 Å². The van der Waals surface area contributed by atoms with Crippen molar-refractivity contribution in [3.8, 4) is 0 Å². The maximum atomic E-state index is 12.8. The van der Waals surface area contributed by atoms with E-state index < -0.39 is 0 Å². The molecule has 8 nitrogen and oxygen atoms in total. The first-order valence-electron chi connectivity index (χ1n) is 9.08. The zero-order valence-electron chi connectivity index (χ0n) is 15.8. The van der Waals surface area contributed by atoms with Crippen LogP contribution >= 0.6 is 0 Å². The Hall–Kier alpha value is -2.87. The Morgan fingerprint density at radius 1 is 1.44 bits per heavy atom. The Kier molecular flexibility index (Phi) is 4.35. The molecule has 0 aliphatic carbocycles. The number of aryl methyl sites for hydroxylation is 2. The molecule has 4 rings (SSSR count). The first-order valence-corrected chi connectivity index (χ1v) is 9.08. The second-order valence-electron chi connectivity index (χ2n) is 7.24. The number of imidazole rings is 2. The number of carbonyl (C=O) groups excluding carboxylic acids is 1. The van der Waals surface area contributed by atoms with E-state index in [1.165, 1.54) is 0 Å². The number of nitrogens with one attached hydrogen (secondary N) is 1. The third-order valence-corrected chi connectivity index (χ3v) is 5.04. The van der Waals surface area contributed by atoms with Crippen LogP contribution in [0.4, 0.5) is 5.95 Å². The number of hydrogen-bond acceptors (Lipinski definition) is 5. The SMILES string of the molecule is Cc1cnc(CN(C)C(=O)c2ccc3c(c2)nc(N2CC[C@H](O)C2)n3C)[nH]1. The summed E-state index contributed by atoms with van der Waals surface area (Å²) in [6, 6.07) is 5.59. The Labute approximate surface area is 157 Å². The monoisotopic (exact) mass is 368 g/mol. The molecule has 1 aliphatic heterocycles. The minimum Gasteiger partial charge on any atom is -0.391 e. The molecule has 3 aromatic rings. The highest BCUT2D eigenvalue weighted by molar-refractivity contribution is 5.97. The summed E-state index contributed by atoms with van der Waals surface area (Å²) in [6.07, 6.45) is 2.20. The van der Waals surface area contributed by atoms with Crippen molar-refractivity contribution in [2.24, 2.45) is 7.05 Å². The smallest absolute Gasteiger partial charge is 0.254 e. The van der Waals surface area contributed by atoms with Crippen molar-refractivity contribution in [1.29, 1.82) is 0 Å². The highest BCUT2D eigenvalue weighted by Gasteiger charge is 2.24. The van der Waals surface area contributed by atoms with E-state index in [-0.39, 0.29) is 12.0 Å². The maximum absolute atomic E-state index is 12.8. The molecular weight excluding hydrogens is 344 g/mol. The quantitative estimate of drug-likeness (QED) is 0.727. The second kappa shape index (κ2) is 6.70. The zero-order valence-corrected chi connectivity index (χ0v) is 15.8. The number of β-amino-alcohol motifs (C(OH)–C–C–N with tert-alkyl or cyclic N) is 1. The molecule has 1 amide bonds. The molecule has 142 valence electrons. The van der Waals surface area contributed by atoms with Gasteiger partial charge in [0.15, 0.2) is 0 Å². The van der Waals surface area contributed by atoms with E-state index >= 15 is 0 Å². The first kappa shape index (κ1) is 17.5. The highest BCUT2D eigenvalue weighted by Crippen LogP contribution is 2.25. The van der Waals surface area contributed by atoms with Crippen LogP contribution in [0.25, 0.3) is 11.0 Å². The van der Waals surface area contributed by atoms with Gasteiger partial charge in [0, 0.05) is 44.6 Å². The van der Waals surface area contributed by atoms with Crippen LogP contribution in [-0.4, -0.2) is 61.7 Å². The Morgan fingerprint density at radius 3 is 2.93 bits per heavy atom. The number of carbonyl (C=O) groups is 1. The van der Waals surface area contributed by atoms with E-state index in [9.17, 15) is 9.90 Å². The highest BCUT2D eigenvalue weighted by atomic mass is 16.3. The largest absolute Gasteiger partial charge is 0.391 e. The molecule has 1 atom stereocenters. The topological polar surface area (TPSA) is 90.3 Å². The third kappa shape index (κ3) is 3.28. The summed E-state index contributed by atoms with van der Waals surface area (Å²) in [5.41, 5.74) is 3.31. The Balaban J connectivity index is 1.58. The molecule has 1 aromatic carbocycles. The van der Waals surface area contributed by atoms with Gasteiger partial charge in [-0.15, -0.1) is 0 Å². The number of amides is 1. The lowest BCUT2D eigenvalue weighted by molar-refractivity contribution is 0.0782. The van der Waals surface area contributed by atoms with Crippen LogP contribution in [0.3, 0.4) is 0 Å². The van der Waals surface area contributed by atoms with E-state index in [2.05, 4.69) is 14.9 Å². The molecule has 1 fully saturated rings. The minimum absolute atomic E-state index is 0.0743. The minimum atomic E-state index is -0.305. The molecule has 27 heavy (non-hydrogen) atoms. The fourth-order valence-corrected chi connectivity index (χ4v) is 3.59. The van der Waals surface area contributed by atoms with Crippen LogP contribution in [0.2, 0.25) is 0 Å². The lowest BCUT2D eigenvalue weighted by Gasteiger charge is -2.16. The van der Waals surface area contributed by atoms with Gasteiger partial charge in [0.05, 0.1) is 23.7 Å². The molecular formula is C19H24N6O2.